The molecule has 13 heteroatoms. The summed E-state index contributed by atoms with van der Waals surface area (Å²) in [4.78, 5) is 43.8. The quantitative estimate of drug-likeness (QED) is 0.352. The van der Waals surface area contributed by atoms with Gasteiger partial charge in [0.1, 0.15) is 12.4 Å². The van der Waals surface area contributed by atoms with Crippen molar-refractivity contribution in [1.29, 1.82) is 0 Å². The number of amides is 2. The number of nitrogens with zero attached hydrogens (tertiary/aromatic N) is 5. The van der Waals surface area contributed by atoms with E-state index >= 15 is 0 Å². The Hall–Kier alpha value is -4.07. The number of aromatic nitrogens is 3. The van der Waals surface area contributed by atoms with Crippen LogP contribution in [0.2, 0.25) is 0 Å². The molecule has 0 saturated carbocycles. The Morgan fingerprint density at radius 3 is 2.52 bits per heavy atom. The van der Waals surface area contributed by atoms with Crippen LogP contribution in [0, 0.1) is 0 Å². The lowest BCUT2D eigenvalue weighted by molar-refractivity contribution is 0.0696. The number of carbonyl (C=O) groups excluding carboxylic acids is 2. The molecule has 0 unspecified atom stereocenters. The standard InChI is InChI=1S/C31H39N7O6/c1-41-24-5-12-37(19-24)18-21-3-4-26(25(17-21)28(39)34-22-8-15-42-16-9-22)35-29(40)27-20-43-31(36-27)38-13-6-23(7-14-38)44-30-32-10-2-11-33-30/h2-4,10-11,17,20,22-24H,5-9,12-16,18-19H2,1H3,(H,34,39)(H,35,40)/t24-/m0/s1. The van der Waals surface area contributed by atoms with Gasteiger partial charge in [-0.2, -0.15) is 4.98 Å². The molecule has 44 heavy (non-hydrogen) atoms. The summed E-state index contributed by atoms with van der Waals surface area (Å²) in [6.45, 7) is 5.01. The first-order chi connectivity index (χ1) is 21.5. The zero-order valence-corrected chi connectivity index (χ0v) is 24.9. The molecule has 0 spiro atoms. The predicted octanol–water partition coefficient (Wildman–Crippen LogP) is 2.89. The highest BCUT2D eigenvalue weighted by molar-refractivity contribution is 6.08. The topological polar surface area (TPSA) is 144 Å². The second-order valence-electron chi connectivity index (χ2n) is 11.4. The molecule has 234 valence electrons. The summed E-state index contributed by atoms with van der Waals surface area (Å²) in [5.41, 5.74) is 1.97. The molecule has 6 rings (SSSR count). The van der Waals surface area contributed by atoms with Crippen molar-refractivity contribution in [3.05, 3.63) is 59.7 Å². The highest BCUT2D eigenvalue weighted by Gasteiger charge is 2.27. The number of piperidine rings is 1. The number of hydrogen-bond acceptors (Lipinski definition) is 11. The van der Waals surface area contributed by atoms with Crippen LogP contribution in [0.5, 0.6) is 6.01 Å². The van der Waals surface area contributed by atoms with Gasteiger partial charge in [-0.15, -0.1) is 0 Å². The van der Waals surface area contributed by atoms with E-state index in [0.29, 0.717) is 56.1 Å². The number of benzene rings is 1. The summed E-state index contributed by atoms with van der Waals surface area (Å²) in [5.74, 6) is -0.674. The molecule has 1 aromatic carbocycles. The number of likely N-dealkylation sites (tertiary alicyclic amines) is 1. The van der Waals surface area contributed by atoms with E-state index in [9.17, 15) is 9.59 Å². The van der Waals surface area contributed by atoms with Gasteiger partial charge in [-0.05, 0) is 43.0 Å². The SMILES string of the molecule is CO[C@H]1CCN(Cc2ccc(NC(=O)c3coc(N4CCC(Oc5ncccn5)CC4)n3)c(C(=O)NC3CCOCC3)c2)C1. The Morgan fingerprint density at radius 2 is 1.77 bits per heavy atom. The fourth-order valence-electron chi connectivity index (χ4n) is 5.84. The summed E-state index contributed by atoms with van der Waals surface area (Å²) in [7, 11) is 1.74. The van der Waals surface area contributed by atoms with E-state index < -0.39 is 5.91 Å². The largest absolute Gasteiger partial charge is 0.460 e. The Balaban J connectivity index is 1.11. The van der Waals surface area contributed by atoms with E-state index in [-0.39, 0.29) is 29.9 Å². The zero-order valence-electron chi connectivity index (χ0n) is 24.9. The molecule has 0 aliphatic carbocycles. The number of oxazole rings is 1. The van der Waals surface area contributed by atoms with E-state index in [0.717, 1.165) is 50.8 Å². The van der Waals surface area contributed by atoms with Gasteiger partial charge in [0.15, 0.2) is 5.69 Å². The zero-order chi connectivity index (χ0) is 30.3. The predicted molar refractivity (Wildman–Crippen MR) is 161 cm³/mol. The fourth-order valence-corrected chi connectivity index (χ4v) is 5.84. The molecule has 3 fully saturated rings. The number of hydrogen-bond donors (Lipinski definition) is 2. The molecule has 13 nitrogen and oxygen atoms in total. The highest BCUT2D eigenvalue weighted by Crippen LogP contribution is 2.25. The van der Waals surface area contributed by atoms with Crippen LogP contribution in [0.15, 0.2) is 47.3 Å². The smallest absolute Gasteiger partial charge is 0.316 e. The molecule has 1 atom stereocenters. The van der Waals surface area contributed by atoms with Gasteiger partial charge in [-0.3, -0.25) is 14.5 Å². The van der Waals surface area contributed by atoms with Crippen molar-refractivity contribution < 1.29 is 28.2 Å². The number of carbonyl (C=O) groups is 2. The fraction of sp³-hybridized carbons (Fsp3) is 0.516. The Morgan fingerprint density at radius 1 is 1.00 bits per heavy atom. The van der Waals surface area contributed by atoms with E-state index in [4.69, 9.17) is 18.6 Å². The van der Waals surface area contributed by atoms with Crippen LogP contribution in [0.25, 0.3) is 0 Å². The molecule has 2 amide bonds. The summed E-state index contributed by atoms with van der Waals surface area (Å²) in [6.07, 6.45) is 8.84. The molecule has 0 radical (unpaired) electrons. The van der Waals surface area contributed by atoms with Crippen LogP contribution in [0.4, 0.5) is 11.7 Å². The molecule has 2 N–H and O–H groups in total. The average molecular weight is 606 g/mol. The van der Waals surface area contributed by atoms with Crippen LogP contribution < -0.4 is 20.3 Å². The molecular weight excluding hydrogens is 566 g/mol. The second-order valence-corrected chi connectivity index (χ2v) is 11.4. The van der Waals surface area contributed by atoms with Crippen molar-refractivity contribution in [2.24, 2.45) is 0 Å². The van der Waals surface area contributed by atoms with Crippen molar-refractivity contribution in [2.75, 3.05) is 56.7 Å². The maximum atomic E-state index is 13.5. The summed E-state index contributed by atoms with van der Waals surface area (Å²) >= 11 is 0. The third kappa shape index (κ3) is 7.52. The van der Waals surface area contributed by atoms with Crippen LogP contribution in [-0.4, -0.2) is 96.4 Å². The van der Waals surface area contributed by atoms with Gasteiger partial charge in [0, 0.05) is 84.3 Å². The maximum Gasteiger partial charge on any atom is 0.316 e. The van der Waals surface area contributed by atoms with Gasteiger partial charge < -0.3 is 34.2 Å². The first-order valence-corrected chi connectivity index (χ1v) is 15.3. The second kappa shape index (κ2) is 14.1. The third-order valence-corrected chi connectivity index (χ3v) is 8.35. The van der Waals surface area contributed by atoms with Gasteiger partial charge in [0.25, 0.3) is 17.8 Å². The van der Waals surface area contributed by atoms with Crippen molar-refractivity contribution in [3.8, 4) is 6.01 Å². The summed E-state index contributed by atoms with van der Waals surface area (Å²) < 4.78 is 22.5. The minimum absolute atomic E-state index is 0.00747. The molecule has 3 aliphatic heterocycles. The lowest BCUT2D eigenvalue weighted by atomic mass is 10.0. The van der Waals surface area contributed by atoms with Crippen molar-refractivity contribution in [1.82, 2.24) is 25.2 Å². The molecule has 5 heterocycles. The molecule has 3 aliphatic rings. The minimum Gasteiger partial charge on any atom is -0.460 e. The highest BCUT2D eigenvalue weighted by atomic mass is 16.5. The van der Waals surface area contributed by atoms with E-state index in [2.05, 4.69) is 30.5 Å². The number of rotatable bonds is 10. The van der Waals surface area contributed by atoms with Crippen LogP contribution in [0.1, 0.15) is 58.5 Å². The van der Waals surface area contributed by atoms with Crippen molar-refractivity contribution in [2.45, 2.75) is 56.9 Å². The summed E-state index contributed by atoms with van der Waals surface area (Å²) in [6, 6.07) is 8.11. The monoisotopic (exact) mass is 605 g/mol. The lowest BCUT2D eigenvalue weighted by Gasteiger charge is -2.30. The number of anilines is 2. The van der Waals surface area contributed by atoms with Gasteiger partial charge in [-0.1, -0.05) is 6.07 Å². The van der Waals surface area contributed by atoms with Gasteiger partial charge in [0.05, 0.1) is 17.4 Å². The molecule has 3 saturated heterocycles. The van der Waals surface area contributed by atoms with E-state index in [1.165, 1.54) is 6.26 Å². The number of nitrogens with one attached hydrogen (secondary N) is 2. The van der Waals surface area contributed by atoms with E-state index in [1.807, 2.05) is 17.0 Å². The molecular formula is C31H39N7O6. The lowest BCUT2D eigenvalue weighted by Crippen LogP contribution is -2.39. The Kier molecular flexibility index (Phi) is 9.64. The Bertz CT molecular complexity index is 1410. The maximum absolute atomic E-state index is 13.5. The van der Waals surface area contributed by atoms with Gasteiger partial charge in [-0.25, -0.2) is 9.97 Å². The normalized spacial score (nSPS) is 20.0. The Labute approximate surface area is 256 Å². The molecule has 2 aromatic heterocycles. The first-order valence-electron chi connectivity index (χ1n) is 15.3. The van der Waals surface area contributed by atoms with Crippen molar-refractivity contribution in [3.63, 3.8) is 0 Å². The minimum atomic E-state index is -0.449. The first kappa shape index (κ1) is 30.0. The molecule has 3 aromatic rings. The molecule has 0 bridgehead atoms. The number of ether oxygens (including phenoxy) is 3. The summed E-state index contributed by atoms with van der Waals surface area (Å²) in [5, 5.41) is 6.03. The van der Waals surface area contributed by atoms with Crippen LogP contribution in [-0.2, 0) is 16.0 Å². The van der Waals surface area contributed by atoms with Crippen LogP contribution >= 0.6 is 0 Å². The third-order valence-electron chi connectivity index (χ3n) is 8.35. The van der Waals surface area contributed by atoms with Gasteiger partial charge >= 0.3 is 6.01 Å². The van der Waals surface area contributed by atoms with E-state index in [1.54, 1.807) is 31.6 Å². The van der Waals surface area contributed by atoms with Crippen LogP contribution in [0.3, 0.4) is 0 Å². The van der Waals surface area contributed by atoms with Crippen molar-refractivity contribution >= 4 is 23.5 Å². The van der Waals surface area contributed by atoms with Gasteiger partial charge in [0.2, 0.25) is 0 Å². The number of methoxy groups -OCH3 is 1. The average Bonchev–Trinajstić information content (AvgIpc) is 3.73.